The Bertz CT molecular complexity index is 230. The second-order valence-electron chi connectivity index (χ2n) is 1.87. The van der Waals surface area contributed by atoms with Gasteiger partial charge in [0.25, 0.3) is 0 Å². The minimum atomic E-state index is -1.16. The van der Waals surface area contributed by atoms with Crippen molar-refractivity contribution < 1.29 is 47.9 Å². The summed E-state index contributed by atoms with van der Waals surface area (Å²) >= 11 is 0. The second-order valence-corrected chi connectivity index (χ2v) is 1.87. The Morgan fingerprint density at radius 1 is 1.00 bits per heavy atom. The second kappa shape index (κ2) is 7.41. The first-order valence-corrected chi connectivity index (χ1v) is 2.90. The molecule has 12 heavy (non-hydrogen) atoms. The van der Waals surface area contributed by atoms with Crippen LogP contribution in [-0.4, -0.2) is 0 Å². The van der Waals surface area contributed by atoms with Crippen molar-refractivity contribution in [3.05, 3.63) is 41.8 Å². The third kappa shape index (κ3) is 5.41. The normalized spacial score (nSPS) is 7.33. The third-order valence-electron chi connectivity index (χ3n) is 1.08. The van der Waals surface area contributed by atoms with Crippen molar-refractivity contribution in [1.29, 1.82) is 0 Å². The van der Waals surface area contributed by atoms with Crippen LogP contribution in [0.1, 0.15) is 5.56 Å². The van der Waals surface area contributed by atoms with Crippen LogP contribution in [0.3, 0.4) is 0 Å². The first-order valence-electron chi connectivity index (χ1n) is 2.90. The molecule has 0 spiro atoms. The molecular formula is C8H6Li2O2. The van der Waals surface area contributed by atoms with Crippen LogP contribution in [0, 0.1) is 0 Å². The van der Waals surface area contributed by atoms with Gasteiger partial charge < -0.3 is 10.2 Å². The summed E-state index contributed by atoms with van der Waals surface area (Å²) in [7, 11) is 0. The van der Waals surface area contributed by atoms with E-state index in [1.54, 1.807) is 24.3 Å². The van der Waals surface area contributed by atoms with E-state index in [1.165, 1.54) is 0 Å². The molecule has 0 aliphatic rings. The van der Waals surface area contributed by atoms with Crippen LogP contribution < -0.4 is 47.9 Å². The predicted molar refractivity (Wildman–Crippen MR) is 34.4 cm³/mol. The van der Waals surface area contributed by atoms with Crippen molar-refractivity contribution in [3.63, 3.8) is 0 Å². The molecule has 0 radical (unpaired) electrons. The van der Waals surface area contributed by atoms with E-state index in [-0.39, 0.29) is 37.7 Å². The Labute approximate surface area is 95.7 Å². The van der Waals surface area contributed by atoms with E-state index >= 15 is 0 Å². The molecule has 0 aliphatic heterocycles. The van der Waals surface area contributed by atoms with Gasteiger partial charge >= 0.3 is 37.7 Å². The van der Waals surface area contributed by atoms with Gasteiger partial charge in [0.1, 0.15) is 0 Å². The molecule has 0 amide bonds. The molecule has 1 aromatic carbocycles. The Kier molecular flexibility index (Phi) is 8.82. The van der Waals surface area contributed by atoms with Gasteiger partial charge in [-0.1, -0.05) is 36.4 Å². The van der Waals surface area contributed by atoms with E-state index in [2.05, 4.69) is 0 Å². The Balaban J connectivity index is 0. The fourth-order valence-electron chi connectivity index (χ4n) is 0.685. The molecule has 1 aromatic rings. The van der Waals surface area contributed by atoms with Gasteiger partial charge in [0.15, 0.2) is 0 Å². The third-order valence-corrected chi connectivity index (χ3v) is 1.08. The number of benzene rings is 1. The van der Waals surface area contributed by atoms with Crippen LogP contribution in [0.25, 0.3) is 6.08 Å². The van der Waals surface area contributed by atoms with E-state index in [4.69, 9.17) is 0 Å². The van der Waals surface area contributed by atoms with E-state index in [0.29, 0.717) is 5.56 Å². The molecule has 0 saturated carbocycles. The number of rotatable bonds is 1. The summed E-state index contributed by atoms with van der Waals surface area (Å²) in [4.78, 5) is 0. The average molecular weight is 148 g/mol. The summed E-state index contributed by atoms with van der Waals surface area (Å²) in [6, 6.07) is 8.78. The summed E-state index contributed by atoms with van der Waals surface area (Å²) in [5, 5.41) is 20.0. The van der Waals surface area contributed by atoms with E-state index in [0.717, 1.165) is 6.08 Å². The van der Waals surface area contributed by atoms with Crippen LogP contribution in [0.5, 0.6) is 0 Å². The summed E-state index contributed by atoms with van der Waals surface area (Å²) in [6.07, 6.45) is 1.06. The minimum absolute atomic E-state index is 0. The zero-order chi connectivity index (χ0) is 7.40. The van der Waals surface area contributed by atoms with E-state index in [9.17, 15) is 10.2 Å². The molecule has 52 valence electrons. The van der Waals surface area contributed by atoms with Gasteiger partial charge in [-0.2, -0.15) is 0 Å². The molecule has 4 heteroatoms. The van der Waals surface area contributed by atoms with Crippen LogP contribution in [0.15, 0.2) is 36.3 Å². The van der Waals surface area contributed by atoms with Gasteiger partial charge in [0, 0.05) is 0 Å². The fraction of sp³-hybridized carbons (Fsp3) is 0. The van der Waals surface area contributed by atoms with Crippen LogP contribution in [-0.2, 0) is 0 Å². The van der Waals surface area contributed by atoms with Gasteiger partial charge in [-0.05, 0) is 5.56 Å². The van der Waals surface area contributed by atoms with E-state index < -0.39 is 5.95 Å². The summed E-state index contributed by atoms with van der Waals surface area (Å²) in [5.41, 5.74) is 0.655. The number of hydrogen-bond donors (Lipinski definition) is 0. The molecule has 0 N–H and O–H groups in total. The average Bonchev–Trinajstić information content (AvgIpc) is 1.88. The largest absolute Gasteiger partial charge is 1.00 e. The maximum Gasteiger partial charge on any atom is 1.00 e. The van der Waals surface area contributed by atoms with E-state index in [1.807, 2.05) is 6.07 Å². The first-order chi connectivity index (χ1) is 4.79. The topological polar surface area (TPSA) is 46.1 Å². The monoisotopic (exact) mass is 148 g/mol. The van der Waals surface area contributed by atoms with Crippen LogP contribution in [0.2, 0.25) is 0 Å². The first kappa shape index (κ1) is 14.3. The maximum atomic E-state index is 10.0. The fourth-order valence-corrected chi connectivity index (χ4v) is 0.685. The molecule has 0 heterocycles. The Morgan fingerprint density at radius 2 is 1.50 bits per heavy atom. The summed E-state index contributed by atoms with van der Waals surface area (Å²) in [5.74, 6) is -1.16. The quantitative estimate of drug-likeness (QED) is 0.294. The smallest absolute Gasteiger partial charge is 0.884 e. The molecule has 1 rings (SSSR count). The summed E-state index contributed by atoms with van der Waals surface area (Å²) in [6.45, 7) is 0. The Morgan fingerprint density at radius 3 is 1.92 bits per heavy atom. The van der Waals surface area contributed by atoms with Crippen LogP contribution >= 0.6 is 0 Å². The molecule has 0 aromatic heterocycles. The molecule has 0 atom stereocenters. The standard InChI is InChI=1S/C8H8O2.2Li/c9-8(10)6-7-4-2-1-3-5-7;;/h1-6,9-10H;;/q;2*+1/p-2. The van der Waals surface area contributed by atoms with Crippen molar-refractivity contribution in [2.45, 2.75) is 0 Å². The number of hydrogen-bond acceptors (Lipinski definition) is 2. The molecule has 0 aliphatic carbocycles. The minimum Gasteiger partial charge on any atom is -0.884 e. The Hall–Kier alpha value is -0.245. The van der Waals surface area contributed by atoms with Gasteiger partial charge in [0.05, 0.1) is 0 Å². The molecular weight excluding hydrogens is 142 g/mol. The molecule has 0 bridgehead atoms. The van der Waals surface area contributed by atoms with Gasteiger partial charge in [-0.3, -0.25) is 0 Å². The zero-order valence-corrected chi connectivity index (χ0v) is 7.28. The van der Waals surface area contributed by atoms with Crippen molar-refractivity contribution in [2.24, 2.45) is 0 Å². The molecule has 0 saturated heterocycles. The van der Waals surface area contributed by atoms with Gasteiger partial charge in [0.2, 0.25) is 0 Å². The molecule has 0 unspecified atom stereocenters. The molecule has 0 fully saturated rings. The van der Waals surface area contributed by atoms with Crippen molar-refractivity contribution in [1.82, 2.24) is 0 Å². The van der Waals surface area contributed by atoms with Crippen molar-refractivity contribution >= 4 is 6.08 Å². The predicted octanol–water partition coefficient (Wildman–Crippen LogP) is -6.29. The summed E-state index contributed by atoms with van der Waals surface area (Å²) < 4.78 is 0. The van der Waals surface area contributed by atoms with Crippen molar-refractivity contribution in [3.8, 4) is 0 Å². The van der Waals surface area contributed by atoms with Crippen LogP contribution in [0.4, 0.5) is 0 Å². The van der Waals surface area contributed by atoms with Gasteiger partial charge in [-0.25, -0.2) is 5.95 Å². The van der Waals surface area contributed by atoms with Crippen molar-refractivity contribution in [2.75, 3.05) is 0 Å². The maximum absolute atomic E-state index is 10.0. The zero-order valence-electron chi connectivity index (χ0n) is 7.28. The molecule has 2 nitrogen and oxygen atoms in total. The van der Waals surface area contributed by atoms with Gasteiger partial charge in [-0.15, -0.1) is 0 Å². The SMILES string of the molecule is [Li+].[Li+].[O-]C([O-])=Cc1ccccc1.